The number of rotatable bonds is 3. The second-order valence-electron chi connectivity index (χ2n) is 5.41. The lowest BCUT2D eigenvalue weighted by atomic mass is 10.1. The first-order valence-corrected chi connectivity index (χ1v) is 6.13. The number of hydrogen-bond acceptors (Lipinski definition) is 6. The van der Waals surface area contributed by atoms with Crippen molar-refractivity contribution >= 4 is 23.0 Å². The highest BCUT2D eigenvalue weighted by molar-refractivity contribution is 5.83. The first-order valence-electron chi connectivity index (χ1n) is 6.13. The van der Waals surface area contributed by atoms with Gasteiger partial charge >= 0.3 is 0 Å². The highest BCUT2D eigenvalue weighted by Crippen LogP contribution is 2.22. The third-order valence-electron chi connectivity index (χ3n) is 2.54. The van der Waals surface area contributed by atoms with Crippen LogP contribution in [0.25, 0.3) is 11.2 Å². The third kappa shape index (κ3) is 2.79. The molecule has 2 aromatic heterocycles. The van der Waals surface area contributed by atoms with Gasteiger partial charge in [0.25, 0.3) is 0 Å². The molecule has 0 aliphatic rings. The van der Waals surface area contributed by atoms with E-state index in [1.807, 2.05) is 20.8 Å². The number of amides is 1. The SMILES string of the molecule is COc1ncnc2c1nc(N)n2CC(=O)NC(C)(C)C. The molecule has 8 nitrogen and oxygen atoms in total. The van der Waals surface area contributed by atoms with Gasteiger partial charge in [-0.15, -0.1) is 0 Å². The lowest BCUT2D eigenvalue weighted by Crippen LogP contribution is -2.42. The number of nitrogens with one attached hydrogen (secondary N) is 1. The number of ether oxygens (including phenoxy) is 1. The molecule has 0 unspecified atom stereocenters. The molecule has 0 atom stereocenters. The number of carbonyl (C=O) groups excluding carboxylic acids is 1. The Hall–Kier alpha value is -2.38. The Morgan fingerprint density at radius 3 is 2.75 bits per heavy atom. The number of aromatic nitrogens is 4. The van der Waals surface area contributed by atoms with E-state index >= 15 is 0 Å². The highest BCUT2D eigenvalue weighted by Gasteiger charge is 2.19. The summed E-state index contributed by atoms with van der Waals surface area (Å²) in [6, 6.07) is 0. The van der Waals surface area contributed by atoms with Gasteiger partial charge in [0.1, 0.15) is 12.9 Å². The zero-order valence-electron chi connectivity index (χ0n) is 12.0. The van der Waals surface area contributed by atoms with E-state index in [0.29, 0.717) is 17.0 Å². The van der Waals surface area contributed by atoms with Crippen molar-refractivity contribution in [2.24, 2.45) is 0 Å². The summed E-state index contributed by atoms with van der Waals surface area (Å²) in [5, 5.41) is 2.86. The molecular weight excluding hydrogens is 260 g/mol. The van der Waals surface area contributed by atoms with E-state index in [0.717, 1.165) is 0 Å². The lowest BCUT2D eigenvalue weighted by Gasteiger charge is -2.20. The van der Waals surface area contributed by atoms with Crippen molar-refractivity contribution in [3.8, 4) is 5.88 Å². The Labute approximate surface area is 116 Å². The molecule has 2 aromatic rings. The summed E-state index contributed by atoms with van der Waals surface area (Å²) < 4.78 is 6.63. The third-order valence-corrected chi connectivity index (χ3v) is 2.54. The van der Waals surface area contributed by atoms with Crippen molar-refractivity contribution in [1.29, 1.82) is 0 Å². The molecule has 20 heavy (non-hydrogen) atoms. The summed E-state index contributed by atoms with van der Waals surface area (Å²) in [5.41, 5.74) is 6.44. The summed E-state index contributed by atoms with van der Waals surface area (Å²) in [5.74, 6) is 0.362. The number of nitrogens with two attached hydrogens (primary N) is 1. The minimum Gasteiger partial charge on any atom is -0.479 e. The summed E-state index contributed by atoms with van der Waals surface area (Å²) >= 11 is 0. The van der Waals surface area contributed by atoms with Gasteiger partial charge in [0.15, 0.2) is 11.2 Å². The zero-order valence-corrected chi connectivity index (χ0v) is 12.0. The monoisotopic (exact) mass is 278 g/mol. The van der Waals surface area contributed by atoms with Crippen molar-refractivity contribution in [2.45, 2.75) is 32.9 Å². The molecule has 8 heteroatoms. The molecular formula is C12H18N6O2. The normalized spacial score (nSPS) is 11.6. The lowest BCUT2D eigenvalue weighted by molar-refractivity contribution is -0.123. The van der Waals surface area contributed by atoms with Gasteiger partial charge < -0.3 is 15.8 Å². The molecule has 0 aromatic carbocycles. The van der Waals surface area contributed by atoms with Crippen LogP contribution in [0.1, 0.15) is 20.8 Å². The van der Waals surface area contributed by atoms with E-state index in [2.05, 4.69) is 20.3 Å². The first kappa shape index (κ1) is 14.0. The summed E-state index contributed by atoms with van der Waals surface area (Å²) in [7, 11) is 1.49. The van der Waals surface area contributed by atoms with Crippen LogP contribution in [0.3, 0.4) is 0 Å². The van der Waals surface area contributed by atoms with Crippen molar-refractivity contribution in [2.75, 3.05) is 12.8 Å². The largest absolute Gasteiger partial charge is 0.479 e. The molecule has 0 aliphatic heterocycles. The summed E-state index contributed by atoms with van der Waals surface area (Å²) in [6.45, 7) is 5.77. The maximum absolute atomic E-state index is 12.0. The molecule has 2 rings (SSSR count). The van der Waals surface area contributed by atoms with Crippen LogP contribution < -0.4 is 15.8 Å². The van der Waals surface area contributed by atoms with Gasteiger partial charge in [-0.2, -0.15) is 4.98 Å². The van der Waals surface area contributed by atoms with Crippen molar-refractivity contribution in [1.82, 2.24) is 24.8 Å². The molecule has 0 aliphatic carbocycles. The predicted molar refractivity (Wildman–Crippen MR) is 74.2 cm³/mol. The molecule has 0 fully saturated rings. The number of imidazole rings is 1. The zero-order chi connectivity index (χ0) is 14.9. The minimum absolute atomic E-state index is 0.0414. The van der Waals surface area contributed by atoms with E-state index in [1.165, 1.54) is 18.0 Å². The van der Waals surface area contributed by atoms with Gasteiger partial charge in [0, 0.05) is 5.54 Å². The Kier molecular flexibility index (Phi) is 3.47. The molecule has 108 valence electrons. The van der Waals surface area contributed by atoms with Crippen LogP contribution in [-0.4, -0.2) is 38.1 Å². The van der Waals surface area contributed by atoms with E-state index in [-0.39, 0.29) is 23.9 Å². The van der Waals surface area contributed by atoms with Gasteiger partial charge in [0.05, 0.1) is 7.11 Å². The van der Waals surface area contributed by atoms with Crippen LogP contribution in [-0.2, 0) is 11.3 Å². The highest BCUT2D eigenvalue weighted by atomic mass is 16.5. The van der Waals surface area contributed by atoms with Crippen molar-refractivity contribution in [3.63, 3.8) is 0 Å². The number of nitrogen functional groups attached to an aromatic ring is 1. The van der Waals surface area contributed by atoms with Gasteiger partial charge in [0.2, 0.25) is 17.7 Å². The number of anilines is 1. The van der Waals surface area contributed by atoms with Crippen LogP contribution in [0.4, 0.5) is 5.95 Å². The maximum Gasteiger partial charge on any atom is 0.245 e. The molecule has 0 bridgehead atoms. The Morgan fingerprint density at radius 1 is 1.45 bits per heavy atom. The van der Waals surface area contributed by atoms with Gasteiger partial charge in [-0.25, -0.2) is 9.97 Å². The van der Waals surface area contributed by atoms with Crippen LogP contribution in [0.5, 0.6) is 5.88 Å². The number of carbonyl (C=O) groups is 1. The molecule has 0 saturated heterocycles. The average Bonchev–Trinajstić information content (AvgIpc) is 2.63. The van der Waals surface area contributed by atoms with E-state index in [4.69, 9.17) is 10.5 Å². The van der Waals surface area contributed by atoms with Gasteiger partial charge in [-0.05, 0) is 20.8 Å². The Morgan fingerprint density at radius 2 is 2.15 bits per heavy atom. The molecule has 1 amide bonds. The topological polar surface area (TPSA) is 108 Å². The Balaban J connectivity index is 2.35. The minimum atomic E-state index is -0.311. The van der Waals surface area contributed by atoms with Crippen LogP contribution in [0.2, 0.25) is 0 Å². The fourth-order valence-electron chi connectivity index (χ4n) is 1.84. The maximum atomic E-state index is 12.0. The van der Waals surface area contributed by atoms with E-state index < -0.39 is 0 Å². The second-order valence-corrected chi connectivity index (χ2v) is 5.41. The molecule has 0 radical (unpaired) electrons. The van der Waals surface area contributed by atoms with E-state index in [1.54, 1.807) is 0 Å². The van der Waals surface area contributed by atoms with Crippen molar-refractivity contribution in [3.05, 3.63) is 6.33 Å². The number of hydrogen-bond donors (Lipinski definition) is 2. The first-order chi connectivity index (χ1) is 9.31. The van der Waals surface area contributed by atoms with E-state index in [9.17, 15) is 4.79 Å². The number of nitrogens with zero attached hydrogens (tertiary/aromatic N) is 4. The molecule has 3 N–H and O–H groups in total. The number of fused-ring (bicyclic) bond motifs is 1. The second kappa shape index (κ2) is 4.95. The molecule has 2 heterocycles. The smallest absolute Gasteiger partial charge is 0.245 e. The summed E-state index contributed by atoms with van der Waals surface area (Å²) in [4.78, 5) is 24.2. The predicted octanol–water partition coefficient (Wildman–Crippen LogP) is 0.332. The van der Waals surface area contributed by atoms with Crippen LogP contribution in [0.15, 0.2) is 6.33 Å². The van der Waals surface area contributed by atoms with Crippen LogP contribution >= 0.6 is 0 Å². The fourth-order valence-corrected chi connectivity index (χ4v) is 1.84. The molecule has 0 saturated carbocycles. The standard InChI is InChI=1S/C12H18N6O2/c1-12(2,3)17-7(19)5-18-9-8(16-11(18)13)10(20-4)15-6-14-9/h6H,5H2,1-4H3,(H2,13,16)(H,17,19). The molecule has 0 spiro atoms. The van der Waals surface area contributed by atoms with Crippen molar-refractivity contribution < 1.29 is 9.53 Å². The average molecular weight is 278 g/mol. The van der Waals surface area contributed by atoms with Gasteiger partial charge in [-0.1, -0.05) is 0 Å². The summed E-state index contributed by atoms with van der Waals surface area (Å²) in [6.07, 6.45) is 1.35. The number of methoxy groups -OCH3 is 1. The Bertz CT molecular complexity index is 643. The van der Waals surface area contributed by atoms with Crippen LogP contribution in [0, 0.1) is 0 Å². The van der Waals surface area contributed by atoms with Gasteiger partial charge in [-0.3, -0.25) is 9.36 Å². The fraction of sp³-hybridized carbons (Fsp3) is 0.500. The quantitative estimate of drug-likeness (QED) is 0.837.